The van der Waals surface area contributed by atoms with Crippen molar-refractivity contribution in [3.8, 4) is 0 Å². The highest BCUT2D eigenvalue weighted by Gasteiger charge is 2.21. The summed E-state index contributed by atoms with van der Waals surface area (Å²) in [6, 6.07) is -0.131. The lowest BCUT2D eigenvalue weighted by atomic mass is 10.3. The zero-order valence-electron chi connectivity index (χ0n) is 12.4. The number of aromatic nitrogens is 2. The molecule has 2 rings (SSSR count). The van der Waals surface area contributed by atoms with Gasteiger partial charge in [0.05, 0.1) is 6.20 Å². The predicted molar refractivity (Wildman–Crippen MR) is 79.4 cm³/mol. The second-order valence-corrected chi connectivity index (χ2v) is 7.26. The van der Waals surface area contributed by atoms with Crippen LogP contribution in [0.1, 0.15) is 26.2 Å². The molecule has 8 heteroatoms. The summed E-state index contributed by atoms with van der Waals surface area (Å²) in [5, 5.41) is 12.8. The van der Waals surface area contributed by atoms with E-state index in [1.165, 1.54) is 29.9 Å². The molecule has 0 aromatic carbocycles. The van der Waals surface area contributed by atoms with Gasteiger partial charge in [-0.05, 0) is 39.3 Å². The summed E-state index contributed by atoms with van der Waals surface area (Å²) >= 11 is 0. The predicted octanol–water partition coefficient (Wildman–Crippen LogP) is 0.0281. The fourth-order valence-corrected chi connectivity index (χ4v) is 3.75. The van der Waals surface area contributed by atoms with Gasteiger partial charge in [0.2, 0.25) is 10.0 Å². The van der Waals surface area contributed by atoms with E-state index in [0.717, 1.165) is 19.6 Å². The molecule has 1 unspecified atom stereocenters. The number of aliphatic hydroxyl groups is 1. The highest BCUT2D eigenvalue weighted by atomic mass is 32.2. The zero-order chi connectivity index (χ0) is 15.3. The Bertz CT molecular complexity index is 537. The second-order valence-electron chi connectivity index (χ2n) is 5.55. The maximum Gasteiger partial charge on any atom is 0.243 e. The van der Waals surface area contributed by atoms with Gasteiger partial charge in [-0.15, -0.1) is 0 Å². The first-order valence-corrected chi connectivity index (χ1v) is 8.87. The van der Waals surface area contributed by atoms with Gasteiger partial charge in [0.15, 0.2) is 0 Å². The molecule has 120 valence electrons. The summed E-state index contributed by atoms with van der Waals surface area (Å²) in [6.45, 7) is 5.28. The van der Waals surface area contributed by atoms with Crippen LogP contribution in [0.5, 0.6) is 0 Å². The molecule has 1 atom stereocenters. The van der Waals surface area contributed by atoms with Gasteiger partial charge in [0, 0.05) is 31.9 Å². The van der Waals surface area contributed by atoms with Crippen molar-refractivity contribution in [2.45, 2.75) is 43.7 Å². The lowest BCUT2D eigenvalue weighted by molar-refractivity contribution is 0.277. The minimum absolute atomic E-state index is 0.0626. The number of hydrogen-bond donors (Lipinski definition) is 2. The van der Waals surface area contributed by atoms with Crippen molar-refractivity contribution in [1.82, 2.24) is 19.4 Å². The van der Waals surface area contributed by atoms with Crippen LogP contribution in [0, 0.1) is 0 Å². The molecule has 0 saturated carbocycles. The summed E-state index contributed by atoms with van der Waals surface area (Å²) in [5.41, 5.74) is 0. The number of aryl methyl sites for hydroxylation is 1. The first-order valence-electron chi connectivity index (χ1n) is 7.39. The van der Waals surface area contributed by atoms with Gasteiger partial charge < -0.3 is 10.0 Å². The Kier molecular flexibility index (Phi) is 5.74. The van der Waals surface area contributed by atoms with Crippen molar-refractivity contribution in [2.24, 2.45) is 0 Å². The smallest absolute Gasteiger partial charge is 0.243 e. The van der Waals surface area contributed by atoms with Crippen LogP contribution in [0.25, 0.3) is 0 Å². The van der Waals surface area contributed by atoms with E-state index in [-0.39, 0.29) is 17.5 Å². The molecule has 1 aromatic heterocycles. The monoisotopic (exact) mass is 316 g/mol. The lowest BCUT2D eigenvalue weighted by Crippen LogP contribution is -2.40. The van der Waals surface area contributed by atoms with Gasteiger partial charge in [-0.1, -0.05) is 0 Å². The topological polar surface area (TPSA) is 87.5 Å². The van der Waals surface area contributed by atoms with Gasteiger partial charge in [-0.2, -0.15) is 5.10 Å². The Morgan fingerprint density at radius 2 is 2.14 bits per heavy atom. The van der Waals surface area contributed by atoms with Crippen LogP contribution in [0.3, 0.4) is 0 Å². The van der Waals surface area contributed by atoms with Crippen molar-refractivity contribution in [3.63, 3.8) is 0 Å². The van der Waals surface area contributed by atoms with E-state index < -0.39 is 10.0 Å². The Morgan fingerprint density at radius 3 is 2.81 bits per heavy atom. The van der Waals surface area contributed by atoms with Crippen molar-refractivity contribution >= 4 is 10.0 Å². The minimum atomic E-state index is -3.53. The normalized spacial score (nSPS) is 18.2. The molecule has 21 heavy (non-hydrogen) atoms. The number of nitrogens with one attached hydrogen (secondary N) is 1. The van der Waals surface area contributed by atoms with Crippen LogP contribution in [0.15, 0.2) is 17.3 Å². The highest BCUT2D eigenvalue weighted by Crippen LogP contribution is 2.11. The maximum atomic E-state index is 12.3. The number of nitrogens with zero attached hydrogens (tertiary/aromatic N) is 3. The highest BCUT2D eigenvalue weighted by molar-refractivity contribution is 7.89. The molecule has 0 spiro atoms. The third-order valence-electron chi connectivity index (χ3n) is 3.55. The average molecular weight is 316 g/mol. The van der Waals surface area contributed by atoms with Crippen LogP contribution in [-0.2, 0) is 16.6 Å². The standard InChI is InChI=1S/C13H24N4O3S/c1-12(10-16-5-2-3-6-16)15-21(19,20)13-9-14-17(11-13)7-4-8-18/h9,11-12,15,18H,2-8,10H2,1H3. The van der Waals surface area contributed by atoms with Gasteiger partial charge in [0.25, 0.3) is 0 Å². The molecule has 1 fully saturated rings. The SMILES string of the molecule is CC(CN1CCCC1)NS(=O)(=O)c1cnn(CCCO)c1. The van der Waals surface area contributed by atoms with E-state index in [1.54, 1.807) is 0 Å². The Balaban J connectivity index is 1.92. The summed E-state index contributed by atoms with van der Waals surface area (Å²) in [7, 11) is -3.53. The summed E-state index contributed by atoms with van der Waals surface area (Å²) in [4.78, 5) is 2.45. The van der Waals surface area contributed by atoms with Crippen molar-refractivity contribution < 1.29 is 13.5 Å². The second kappa shape index (κ2) is 7.35. The molecule has 1 aliphatic rings. The molecule has 0 bridgehead atoms. The number of hydrogen-bond acceptors (Lipinski definition) is 5. The molecular formula is C13H24N4O3S. The van der Waals surface area contributed by atoms with Gasteiger partial charge in [0.1, 0.15) is 4.90 Å². The lowest BCUT2D eigenvalue weighted by Gasteiger charge is -2.20. The molecule has 0 radical (unpaired) electrons. The number of sulfonamides is 1. The Morgan fingerprint density at radius 1 is 1.43 bits per heavy atom. The van der Waals surface area contributed by atoms with E-state index in [1.807, 2.05) is 6.92 Å². The van der Waals surface area contributed by atoms with Gasteiger partial charge in [-0.3, -0.25) is 4.68 Å². The maximum absolute atomic E-state index is 12.3. The largest absolute Gasteiger partial charge is 0.396 e. The quantitative estimate of drug-likeness (QED) is 0.706. The first kappa shape index (κ1) is 16.4. The summed E-state index contributed by atoms with van der Waals surface area (Å²) < 4.78 is 28.8. The number of rotatable bonds is 8. The Labute approximate surface area is 126 Å². The van der Waals surface area contributed by atoms with Crippen molar-refractivity contribution in [1.29, 1.82) is 0 Å². The summed E-state index contributed by atoms with van der Waals surface area (Å²) in [6.07, 6.45) is 5.79. The average Bonchev–Trinajstić information content (AvgIpc) is 3.06. The van der Waals surface area contributed by atoms with Crippen LogP contribution in [-0.4, -0.2) is 60.5 Å². The molecule has 0 aliphatic carbocycles. The first-order chi connectivity index (χ1) is 10.0. The third-order valence-corrected chi connectivity index (χ3v) is 5.10. The third kappa shape index (κ3) is 4.77. The van der Waals surface area contributed by atoms with Crippen LogP contribution in [0.4, 0.5) is 0 Å². The van der Waals surface area contributed by atoms with Gasteiger partial charge in [-0.25, -0.2) is 13.1 Å². The molecular weight excluding hydrogens is 292 g/mol. The summed E-state index contributed by atoms with van der Waals surface area (Å²) in [5.74, 6) is 0. The number of aliphatic hydroxyl groups excluding tert-OH is 1. The van der Waals surface area contributed by atoms with E-state index >= 15 is 0 Å². The molecule has 0 amide bonds. The molecule has 2 N–H and O–H groups in total. The fourth-order valence-electron chi connectivity index (χ4n) is 2.56. The molecule has 1 aromatic rings. The molecule has 1 saturated heterocycles. The van der Waals surface area contributed by atoms with E-state index in [9.17, 15) is 8.42 Å². The molecule has 7 nitrogen and oxygen atoms in total. The van der Waals surface area contributed by atoms with E-state index in [2.05, 4.69) is 14.7 Å². The number of likely N-dealkylation sites (tertiary alicyclic amines) is 1. The Hall–Kier alpha value is -0.960. The van der Waals surface area contributed by atoms with Gasteiger partial charge >= 0.3 is 0 Å². The van der Waals surface area contributed by atoms with Crippen LogP contribution in [0.2, 0.25) is 0 Å². The van der Waals surface area contributed by atoms with E-state index in [4.69, 9.17) is 5.11 Å². The minimum Gasteiger partial charge on any atom is -0.396 e. The van der Waals surface area contributed by atoms with E-state index in [0.29, 0.717) is 13.0 Å². The van der Waals surface area contributed by atoms with Crippen molar-refractivity contribution in [2.75, 3.05) is 26.2 Å². The van der Waals surface area contributed by atoms with Crippen LogP contribution >= 0.6 is 0 Å². The molecule has 1 aliphatic heterocycles. The zero-order valence-corrected chi connectivity index (χ0v) is 13.2. The molecule has 2 heterocycles. The van der Waals surface area contributed by atoms with Crippen molar-refractivity contribution in [3.05, 3.63) is 12.4 Å². The fraction of sp³-hybridized carbons (Fsp3) is 0.769. The van der Waals surface area contributed by atoms with Crippen LogP contribution < -0.4 is 4.72 Å².